The van der Waals surface area contributed by atoms with Crippen molar-refractivity contribution in [1.29, 1.82) is 0 Å². The minimum absolute atomic E-state index is 0.0761. The maximum atomic E-state index is 12.4. The van der Waals surface area contributed by atoms with Crippen LogP contribution in [0.1, 0.15) is 44.3 Å². The minimum atomic E-state index is -0.261. The summed E-state index contributed by atoms with van der Waals surface area (Å²) in [6, 6.07) is 1.93. The van der Waals surface area contributed by atoms with E-state index in [-0.39, 0.29) is 23.2 Å². The summed E-state index contributed by atoms with van der Waals surface area (Å²) in [7, 11) is 0. The molecule has 2 fully saturated rings. The fraction of sp³-hybridized carbons (Fsp3) is 0.706. The van der Waals surface area contributed by atoms with Crippen LogP contribution in [-0.4, -0.2) is 46.5 Å². The van der Waals surface area contributed by atoms with Crippen molar-refractivity contribution in [2.24, 2.45) is 5.92 Å². The molecule has 0 spiro atoms. The van der Waals surface area contributed by atoms with Gasteiger partial charge in [-0.1, -0.05) is 12.8 Å². The number of nitrogens with zero attached hydrogens (tertiary/aromatic N) is 2. The number of anilines is 1. The van der Waals surface area contributed by atoms with Gasteiger partial charge in [-0.05, 0) is 32.2 Å². The normalized spacial score (nSPS) is 22.6. The number of rotatable bonds is 5. The molecule has 24 heavy (non-hydrogen) atoms. The molecule has 1 saturated heterocycles. The van der Waals surface area contributed by atoms with Crippen molar-refractivity contribution in [3.8, 4) is 0 Å². The van der Waals surface area contributed by atoms with E-state index in [2.05, 4.69) is 20.2 Å². The van der Waals surface area contributed by atoms with Crippen LogP contribution in [-0.2, 0) is 11.2 Å². The number of nitrogens with two attached hydrogens (primary N) is 1. The lowest BCUT2D eigenvalue weighted by Gasteiger charge is -2.36. The molecule has 1 amide bonds. The van der Waals surface area contributed by atoms with Crippen molar-refractivity contribution in [2.75, 3.05) is 25.4 Å². The molecule has 1 aromatic heterocycles. The van der Waals surface area contributed by atoms with Crippen LogP contribution in [0.25, 0.3) is 0 Å². The summed E-state index contributed by atoms with van der Waals surface area (Å²) in [5.74, 6) is 0.909. The molecule has 1 saturated carbocycles. The average molecular weight is 333 g/mol. The molecule has 7 nitrogen and oxygen atoms in total. The molecule has 1 aliphatic carbocycles. The van der Waals surface area contributed by atoms with Crippen LogP contribution in [0.2, 0.25) is 0 Å². The molecular weight excluding hydrogens is 306 g/mol. The predicted octanol–water partition coefficient (Wildman–Crippen LogP) is 0.665. The molecule has 0 radical (unpaired) electrons. The molecule has 0 aromatic carbocycles. The van der Waals surface area contributed by atoms with E-state index in [0.29, 0.717) is 24.8 Å². The molecule has 7 heteroatoms. The van der Waals surface area contributed by atoms with Gasteiger partial charge in [0.15, 0.2) is 0 Å². The van der Waals surface area contributed by atoms with E-state index in [4.69, 9.17) is 5.73 Å². The topological polar surface area (TPSA) is 104 Å². The van der Waals surface area contributed by atoms with Crippen molar-refractivity contribution < 1.29 is 4.79 Å². The van der Waals surface area contributed by atoms with Gasteiger partial charge in [-0.25, -0.2) is 4.98 Å². The van der Waals surface area contributed by atoms with Crippen LogP contribution in [0.5, 0.6) is 0 Å². The highest BCUT2D eigenvalue weighted by Gasteiger charge is 2.30. The maximum absolute atomic E-state index is 12.4. The number of nitrogen functional groups attached to an aromatic ring is 1. The summed E-state index contributed by atoms with van der Waals surface area (Å²) < 4.78 is 0. The van der Waals surface area contributed by atoms with Crippen molar-refractivity contribution >= 4 is 11.7 Å². The molecule has 1 atom stereocenters. The Bertz CT molecular complexity index is 624. The first-order chi connectivity index (χ1) is 11.6. The molecule has 1 aromatic rings. The minimum Gasteiger partial charge on any atom is -0.383 e. The third-order valence-electron chi connectivity index (χ3n) is 5.14. The summed E-state index contributed by atoms with van der Waals surface area (Å²) in [4.78, 5) is 33.0. The SMILES string of the molecule is Nc1cc(=O)[nH]c(CCNC(=O)[C@H]2CCCN(C3CCCC3)C2)n1. The summed E-state index contributed by atoms with van der Waals surface area (Å²) in [5.41, 5.74) is 5.30. The monoisotopic (exact) mass is 333 g/mol. The smallest absolute Gasteiger partial charge is 0.252 e. The van der Waals surface area contributed by atoms with E-state index in [0.717, 1.165) is 25.9 Å². The Morgan fingerprint density at radius 2 is 2.12 bits per heavy atom. The molecule has 0 unspecified atom stereocenters. The fourth-order valence-electron chi connectivity index (χ4n) is 3.92. The van der Waals surface area contributed by atoms with E-state index < -0.39 is 0 Å². The highest BCUT2D eigenvalue weighted by molar-refractivity contribution is 5.78. The summed E-state index contributed by atoms with van der Waals surface area (Å²) in [6.07, 6.45) is 7.74. The zero-order valence-corrected chi connectivity index (χ0v) is 14.1. The number of piperidine rings is 1. The Labute approximate surface area is 142 Å². The van der Waals surface area contributed by atoms with Gasteiger partial charge in [0.05, 0.1) is 5.92 Å². The molecule has 2 heterocycles. The summed E-state index contributed by atoms with van der Waals surface area (Å²) in [6.45, 7) is 2.47. The number of nitrogens with one attached hydrogen (secondary N) is 2. The lowest BCUT2D eigenvalue weighted by atomic mass is 9.95. The van der Waals surface area contributed by atoms with Gasteiger partial charge in [-0.15, -0.1) is 0 Å². The number of likely N-dealkylation sites (tertiary alicyclic amines) is 1. The number of hydrogen-bond donors (Lipinski definition) is 3. The summed E-state index contributed by atoms with van der Waals surface area (Å²) in [5, 5.41) is 2.98. The number of hydrogen-bond acceptors (Lipinski definition) is 5. The van der Waals surface area contributed by atoms with Crippen LogP contribution in [0.3, 0.4) is 0 Å². The Morgan fingerprint density at radius 1 is 1.33 bits per heavy atom. The standard InChI is InChI=1S/C17H27N5O2/c18-14-10-16(23)21-15(20-14)7-8-19-17(24)12-4-3-9-22(11-12)13-5-1-2-6-13/h10,12-13H,1-9,11H2,(H,19,24)(H3,18,20,21,23)/t12-/m0/s1. The van der Waals surface area contributed by atoms with Gasteiger partial charge in [-0.3, -0.25) is 14.5 Å². The van der Waals surface area contributed by atoms with Gasteiger partial charge in [0.2, 0.25) is 5.91 Å². The Balaban J connectivity index is 1.46. The first-order valence-corrected chi connectivity index (χ1v) is 8.99. The summed E-state index contributed by atoms with van der Waals surface area (Å²) >= 11 is 0. The van der Waals surface area contributed by atoms with E-state index in [1.54, 1.807) is 0 Å². The van der Waals surface area contributed by atoms with E-state index in [1.807, 2.05) is 0 Å². The van der Waals surface area contributed by atoms with Crippen LogP contribution < -0.4 is 16.6 Å². The van der Waals surface area contributed by atoms with Gasteiger partial charge in [0.25, 0.3) is 5.56 Å². The molecular formula is C17H27N5O2. The number of carbonyl (C=O) groups excluding carboxylic acids is 1. The zero-order valence-electron chi connectivity index (χ0n) is 14.1. The number of aromatic nitrogens is 2. The lowest BCUT2D eigenvalue weighted by molar-refractivity contribution is -0.127. The maximum Gasteiger partial charge on any atom is 0.252 e. The zero-order chi connectivity index (χ0) is 16.9. The number of H-pyrrole nitrogens is 1. The number of aromatic amines is 1. The van der Waals surface area contributed by atoms with Crippen molar-refractivity contribution in [3.63, 3.8) is 0 Å². The van der Waals surface area contributed by atoms with E-state index in [9.17, 15) is 9.59 Å². The Kier molecular flexibility index (Phi) is 5.50. The molecule has 0 bridgehead atoms. The van der Waals surface area contributed by atoms with Crippen molar-refractivity contribution in [2.45, 2.75) is 51.0 Å². The van der Waals surface area contributed by atoms with Crippen molar-refractivity contribution in [1.82, 2.24) is 20.2 Å². The van der Waals surface area contributed by atoms with Gasteiger partial charge >= 0.3 is 0 Å². The molecule has 4 N–H and O–H groups in total. The predicted molar refractivity (Wildman–Crippen MR) is 92.5 cm³/mol. The number of carbonyl (C=O) groups is 1. The highest BCUT2D eigenvalue weighted by atomic mass is 16.2. The second kappa shape index (κ2) is 7.79. The number of amides is 1. The van der Waals surface area contributed by atoms with Crippen LogP contribution in [0.15, 0.2) is 10.9 Å². The molecule has 1 aliphatic heterocycles. The fourth-order valence-corrected chi connectivity index (χ4v) is 3.92. The van der Waals surface area contributed by atoms with Crippen LogP contribution in [0.4, 0.5) is 5.82 Å². The first kappa shape index (κ1) is 17.0. The second-order valence-electron chi connectivity index (χ2n) is 6.93. The highest BCUT2D eigenvalue weighted by Crippen LogP contribution is 2.27. The average Bonchev–Trinajstić information content (AvgIpc) is 3.08. The lowest BCUT2D eigenvalue weighted by Crippen LogP contribution is -2.46. The molecule has 2 aliphatic rings. The Morgan fingerprint density at radius 3 is 2.88 bits per heavy atom. The quantitative estimate of drug-likeness (QED) is 0.734. The van der Waals surface area contributed by atoms with Gasteiger partial charge in [0.1, 0.15) is 11.6 Å². The second-order valence-corrected chi connectivity index (χ2v) is 6.93. The largest absolute Gasteiger partial charge is 0.383 e. The van der Waals surface area contributed by atoms with Gasteiger partial charge in [-0.2, -0.15) is 0 Å². The van der Waals surface area contributed by atoms with E-state index in [1.165, 1.54) is 31.7 Å². The third kappa shape index (κ3) is 4.35. The first-order valence-electron chi connectivity index (χ1n) is 8.99. The van der Waals surface area contributed by atoms with Gasteiger partial charge in [0, 0.05) is 31.6 Å². The molecule has 132 valence electrons. The van der Waals surface area contributed by atoms with E-state index >= 15 is 0 Å². The third-order valence-corrected chi connectivity index (χ3v) is 5.14. The van der Waals surface area contributed by atoms with Crippen molar-refractivity contribution in [3.05, 3.63) is 22.2 Å². The van der Waals surface area contributed by atoms with Crippen LogP contribution >= 0.6 is 0 Å². The molecule has 3 rings (SSSR count). The Hall–Kier alpha value is -1.89. The van der Waals surface area contributed by atoms with Gasteiger partial charge < -0.3 is 16.0 Å². The van der Waals surface area contributed by atoms with Crippen LogP contribution in [0, 0.1) is 5.92 Å².